The number of furan rings is 1. The Morgan fingerprint density at radius 1 is 1.30 bits per heavy atom. The zero-order valence-corrected chi connectivity index (χ0v) is 12.1. The van der Waals surface area contributed by atoms with Crippen molar-refractivity contribution in [2.75, 3.05) is 12.4 Å². The fourth-order valence-electron chi connectivity index (χ4n) is 1.75. The van der Waals surface area contributed by atoms with Crippen LogP contribution in [0.2, 0.25) is 0 Å². The number of hydrogen-bond acceptors (Lipinski definition) is 6. The normalized spacial score (nSPS) is 9.96. The maximum absolute atomic E-state index is 11.8. The first-order valence-electron chi connectivity index (χ1n) is 6.45. The van der Waals surface area contributed by atoms with E-state index in [-0.39, 0.29) is 23.7 Å². The van der Waals surface area contributed by atoms with Gasteiger partial charge in [-0.05, 0) is 18.2 Å². The SMILES string of the molecule is COc1ccc([N+](=O)[O-])cc1NC(=O)C(=O)NCc1ccco1. The van der Waals surface area contributed by atoms with Crippen molar-refractivity contribution in [2.45, 2.75) is 6.54 Å². The van der Waals surface area contributed by atoms with Crippen LogP contribution in [-0.2, 0) is 16.1 Å². The summed E-state index contributed by atoms with van der Waals surface area (Å²) in [6.45, 7) is 0.0470. The van der Waals surface area contributed by atoms with Crippen LogP contribution >= 0.6 is 0 Å². The number of non-ortho nitro benzene ring substituents is 1. The van der Waals surface area contributed by atoms with Crippen LogP contribution in [-0.4, -0.2) is 23.8 Å². The van der Waals surface area contributed by atoms with Gasteiger partial charge < -0.3 is 19.8 Å². The van der Waals surface area contributed by atoms with Crippen LogP contribution in [0.5, 0.6) is 5.75 Å². The van der Waals surface area contributed by atoms with Crippen molar-refractivity contribution < 1.29 is 23.7 Å². The number of nitrogens with one attached hydrogen (secondary N) is 2. The number of methoxy groups -OCH3 is 1. The highest BCUT2D eigenvalue weighted by Crippen LogP contribution is 2.28. The topological polar surface area (TPSA) is 124 Å². The molecule has 0 unspecified atom stereocenters. The van der Waals surface area contributed by atoms with Gasteiger partial charge in [-0.15, -0.1) is 0 Å². The minimum atomic E-state index is -0.977. The van der Waals surface area contributed by atoms with Gasteiger partial charge in [-0.25, -0.2) is 0 Å². The lowest BCUT2D eigenvalue weighted by molar-refractivity contribution is -0.384. The van der Waals surface area contributed by atoms with Gasteiger partial charge in [0.2, 0.25) is 0 Å². The van der Waals surface area contributed by atoms with Crippen LogP contribution in [0.4, 0.5) is 11.4 Å². The highest BCUT2D eigenvalue weighted by Gasteiger charge is 2.18. The van der Waals surface area contributed by atoms with E-state index in [1.165, 1.54) is 25.5 Å². The fraction of sp³-hybridized carbons (Fsp3) is 0.143. The number of rotatable bonds is 5. The minimum absolute atomic E-state index is 0.0276. The van der Waals surface area contributed by atoms with Gasteiger partial charge in [0.1, 0.15) is 11.5 Å². The van der Waals surface area contributed by atoms with Gasteiger partial charge in [-0.1, -0.05) is 0 Å². The lowest BCUT2D eigenvalue weighted by Gasteiger charge is -2.09. The largest absolute Gasteiger partial charge is 0.495 e. The zero-order chi connectivity index (χ0) is 16.8. The van der Waals surface area contributed by atoms with Crippen LogP contribution in [0.25, 0.3) is 0 Å². The first-order valence-corrected chi connectivity index (χ1v) is 6.45. The third-order valence-corrected chi connectivity index (χ3v) is 2.85. The maximum atomic E-state index is 11.8. The number of carbonyl (C=O) groups excluding carboxylic acids is 2. The third kappa shape index (κ3) is 4.06. The Hall–Kier alpha value is -3.36. The molecule has 0 radical (unpaired) electrons. The van der Waals surface area contributed by atoms with E-state index in [0.717, 1.165) is 6.07 Å². The van der Waals surface area contributed by atoms with E-state index in [4.69, 9.17) is 9.15 Å². The number of anilines is 1. The smallest absolute Gasteiger partial charge is 0.313 e. The molecule has 23 heavy (non-hydrogen) atoms. The Morgan fingerprint density at radius 3 is 2.70 bits per heavy atom. The molecule has 0 aliphatic heterocycles. The molecule has 2 amide bonds. The number of nitro groups is 1. The van der Waals surface area contributed by atoms with Gasteiger partial charge in [0, 0.05) is 12.1 Å². The number of amides is 2. The zero-order valence-electron chi connectivity index (χ0n) is 12.1. The molecule has 1 aromatic heterocycles. The van der Waals surface area contributed by atoms with E-state index in [9.17, 15) is 19.7 Å². The molecular weight excluding hydrogens is 306 g/mol. The van der Waals surface area contributed by atoms with Gasteiger partial charge in [0.25, 0.3) is 5.69 Å². The second kappa shape index (κ2) is 7.07. The number of carbonyl (C=O) groups is 2. The Balaban J connectivity index is 2.04. The summed E-state index contributed by atoms with van der Waals surface area (Å²) in [5.41, 5.74) is -0.211. The summed E-state index contributed by atoms with van der Waals surface area (Å²) in [6, 6.07) is 6.95. The molecule has 0 fully saturated rings. The maximum Gasteiger partial charge on any atom is 0.313 e. The monoisotopic (exact) mass is 319 g/mol. The molecule has 2 rings (SSSR count). The molecule has 9 heteroatoms. The summed E-state index contributed by atoms with van der Waals surface area (Å²) >= 11 is 0. The van der Waals surface area contributed by atoms with Crippen LogP contribution in [0.15, 0.2) is 41.0 Å². The number of nitro benzene ring substituents is 1. The van der Waals surface area contributed by atoms with E-state index >= 15 is 0 Å². The van der Waals surface area contributed by atoms with Crippen molar-refractivity contribution >= 4 is 23.2 Å². The molecule has 1 aromatic carbocycles. The van der Waals surface area contributed by atoms with Crippen LogP contribution in [0, 0.1) is 10.1 Å². The van der Waals surface area contributed by atoms with E-state index in [2.05, 4.69) is 10.6 Å². The third-order valence-electron chi connectivity index (χ3n) is 2.85. The van der Waals surface area contributed by atoms with Crippen molar-refractivity contribution in [1.82, 2.24) is 5.32 Å². The number of ether oxygens (including phenoxy) is 1. The highest BCUT2D eigenvalue weighted by atomic mass is 16.6. The minimum Gasteiger partial charge on any atom is -0.495 e. The molecule has 0 spiro atoms. The summed E-state index contributed by atoms with van der Waals surface area (Å²) in [5, 5.41) is 15.4. The van der Waals surface area contributed by atoms with Gasteiger partial charge in [0.15, 0.2) is 0 Å². The molecular formula is C14H13N3O6. The Bertz CT molecular complexity index is 726. The van der Waals surface area contributed by atoms with Crippen molar-refractivity contribution in [2.24, 2.45) is 0 Å². The molecule has 2 N–H and O–H groups in total. The molecule has 0 saturated carbocycles. The second-order valence-corrected chi connectivity index (χ2v) is 4.36. The van der Waals surface area contributed by atoms with Gasteiger partial charge in [-0.3, -0.25) is 19.7 Å². The van der Waals surface area contributed by atoms with Crippen molar-refractivity contribution in [1.29, 1.82) is 0 Å². The molecule has 120 valence electrons. The van der Waals surface area contributed by atoms with Crippen molar-refractivity contribution in [3.8, 4) is 5.75 Å². The van der Waals surface area contributed by atoms with Gasteiger partial charge in [-0.2, -0.15) is 0 Å². The average Bonchev–Trinajstić information content (AvgIpc) is 3.05. The summed E-state index contributed by atoms with van der Waals surface area (Å²) in [4.78, 5) is 33.7. The van der Waals surface area contributed by atoms with Gasteiger partial charge in [0.05, 0.1) is 30.5 Å². The summed E-state index contributed by atoms with van der Waals surface area (Å²) in [6.07, 6.45) is 1.44. The predicted molar refractivity (Wildman–Crippen MR) is 78.8 cm³/mol. The highest BCUT2D eigenvalue weighted by molar-refractivity contribution is 6.39. The lowest BCUT2D eigenvalue weighted by Crippen LogP contribution is -2.35. The summed E-state index contributed by atoms with van der Waals surface area (Å²) in [7, 11) is 1.34. The summed E-state index contributed by atoms with van der Waals surface area (Å²) in [5.74, 6) is -1.20. The fourth-order valence-corrected chi connectivity index (χ4v) is 1.75. The molecule has 0 aliphatic carbocycles. The van der Waals surface area contributed by atoms with Crippen LogP contribution in [0.3, 0.4) is 0 Å². The molecule has 0 atom stereocenters. The molecule has 2 aromatic rings. The average molecular weight is 319 g/mol. The van der Waals surface area contributed by atoms with E-state index in [1.54, 1.807) is 12.1 Å². The quantitative estimate of drug-likeness (QED) is 0.488. The second-order valence-electron chi connectivity index (χ2n) is 4.36. The number of benzene rings is 1. The molecule has 0 bridgehead atoms. The van der Waals surface area contributed by atoms with E-state index < -0.39 is 16.7 Å². The number of hydrogen-bond donors (Lipinski definition) is 2. The molecule has 1 heterocycles. The Kier molecular flexibility index (Phi) is 4.92. The molecule has 0 saturated heterocycles. The lowest BCUT2D eigenvalue weighted by atomic mass is 10.2. The van der Waals surface area contributed by atoms with Gasteiger partial charge >= 0.3 is 11.8 Å². The van der Waals surface area contributed by atoms with Crippen LogP contribution in [0.1, 0.15) is 5.76 Å². The van der Waals surface area contributed by atoms with Crippen LogP contribution < -0.4 is 15.4 Å². The predicted octanol–water partition coefficient (Wildman–Crippen LogP) is 1.45. The van der Waals surface area contributed by atoms with E-state index in [1.807, 2.05) is 0 Å². The first kappa shape index (κ1) is 16.0. The Labute approximate surface area is 130 Å². The Morgan fingerprint density at radius 2 is 2.09 bits per heavy atom. The first-order chi connectivity index (χ1) is 11.0. The molecule has 9 nitrogen and oxygen atoms in total. The van der Waals surface area contributed by atoms with Crippen molar-refractivity contribution in [3.63, 3.8) is 0 Å². The number of nitrogens with zero attached hydrogens (tertiary/aromatic N) is 1. The molecule has 0 aliphatic rings. The standard InChI is InChI=1S/C14H13N3O6/c1-22-12-5-4-9(17(20)21)7-11(12)16-14(19)13(18)15-8-10-3-2-6-23-10/h2-7H,8H2,1H3,(H,15,18)(H,16,19). The summed E-state index contributed by atoms with van der Waals surface area (Å²) < 4.78 is 10.0. The van der Waals surface area contributed by atoms with Crippen molar-refractivity contribution in [3.05, 3.63) is 52.5 Å². The van der Waals surface area contributed by atoms with E-state index in [0.29, 0.717) is 5.76 Å².